The molecule has 2 aromatic heterocycles. The van der Waals surface area contributed by atoms with Gasteiger partial charge in [0.1, 0.15) is 17.8 Å². The van der Waals surface area contributed by atoms with E-state index >= 15 is 0 Å². The molecule has 3 N–H and O–H groups in total. The highest BCUT2D eigenvalue weighted by Crippen LogP contribution is 2.33. The number of nitrogens with zero attached hydrogens (tertiary/aromatic N) is 5. The molecule has 5 rings (SSSR count). The second-order valence-corrected chi connectivity index (χ2v) is 8.73. The summed E-state index contributed by atoms with van der Waals surface area (Å²) in [5, 5.41) is 4.07. The van der Waals surface area contributed by atoms with E-state index in [1.54, 1.807) is 24.8 Å². The van der Waals surface area contributed by atoms with Crippen LogP contribution in [-0.2, 0) is 0 Å². The molecule has 0 saturated carbocycles. The van der Waals surface area contributed by atoms with Crippen LogP contribution in [0.5, 0.6) is 5.75 Å². The highest BCUT2D eigenvalue weighted by atomic mass is 32.1. The Morgan fingerprint density at radius 3 is 2.47 bits per heavy atom. The van der Waals surface area contributed by atoms with E-state index in [0.29, 0.717) is 11.5 Å². The summed E-state index contributed by atoms with van der Waals surface area (Å²) in [4.78, 5) is 18.1. The van der Waals surface area contributed by atoms with E-state index in [9.17, 15) is 0 Å². The SMILES string of the molecule is COc1ccc(N2CCN(c3ncnc(Nc4nc5c(C)cccc5s4)c3N)CC2)cc1. The molecule has 32 heavy (non-hydrogen) atoms. The van der Waals surface area contributed by atoms with Crippen LogP contribution in [0, 0.1) is 6.92 Å². The van der Waals surface area contributed by atoms with E-state index in [4.69, 9.17) is 15.5 Å². The van der Waals surface area contributed by atoms with Gasteiger partial charge in [0, 0.05) is 31.9 Å². The number of hydrogen-bond donors (Lipinski definition) is 2. The Morgan fingerprint density at radius 2 is 1.75 bits per heavy atom. The number of nitrogens with two attached hydrogens (primary N) is 1. The number of para-hydroxylation sites is 1. The number of fused-ring (bicyclic) bond motifs is 1. The fourth-order valence-electron chi connectivity index (χ4n) is 3.95. The minimum Gasteiger partial charge on any atom is -0.497 e. The summed E-state index contributed by atoms with van der Waals surface area (Å²) >= 11 is 1.59. The van der Waals surface area contributed by atoms with Crippen LogP contribution in [0.25, 0.3) is 10.2 Å². The van der Waals surface area contributed by atoms with Crippen molar-refractivity contribution in [2.45, 2.75) is 6.92 Å². The number of anilines is 5. The second kappa shape index (κ2) is 8.51. The molecule has 0 radical (unpaired) electrons. The maximum absolute atomic E-state index is 6.48. The van der Waals surface area contributed by atoms with Crippen molar-refractivity contribution in [3.8, 4) is 5.75 Å². The lowest BCUT2D eigenvalue weighted by atomic mass is 10.2. The van der Waals surface area contributed by atoms with E-state index in [2.05, 4.69) is 56.3 Å². The van der Waals surface area contributed by atoms with Gasteiger partial charge in [0.15, 0.2) is 16.8 Å². The number of benzene rings is 2. The fraction of sp³-hybridized carbons (Fsp3) is 0.261. The summed E-state index contributed by atoms with van der Waals surface area (Å²) < 4.78 is 6.39. The maximum Gasteiger partial charge on any atom is 0.189 e. The number of aryl methyl sites for hydroxylation is 1. The first-order valence-corrected chi connectivity index (χ1v) is 11.3. The Kier molecular flexibility index (Phi) is 5.40. The lowest BCUT2D eigenvalue weighted by molar-refractivity contribution is 0.415. The number of hydrogen-bond acceptors (Lipinski definition) is 9. The molecule has 8 nitrogen and oxygen atoms in total. The zero-order valence-electron chi connectivity index (χ0n) is 18.1. The Balaban J connectivity index is 1.30. The van der Waals surface area contributed by atoms with Crippen molar-refractivity contribution in [2.24, 2.45) is 0 Å². The normalized spacial score (nSPS) is 14.1. The molecule has 3 heterocycles. The van der Waals surface area contributed by atoms with E-state index in [1.807, 2.05) is 18.2 Å². The first-order chi connectivity index (χ1) is 15.6. The average molecular weight is 448 g/mol. The molecule has 0 aliphatic carbocycles. The number of piperazine rings is 1. The van der Waals surface area contributed by atoms with Crippen LogP contribution in [0.2, 0.25) is 0 Å². The fourth-order valence-corrected chi connectivity index (χ4v) is 4.89. The molecule has 164 valence electrons. The highest BCUT2D eigenvalue weighted by Gasteiger charge is 2.22. The van der Waals surface area contributed by atoms with Crippen molar-refractivity contribution in [2.75, 3.05) is 54.1 Å². The van der Waals surface area contributed by atoms with Crippen molar-refractivity contribution in [1.29, 1.82) is 0 Å². The van der Waals surface area contributed by atoms with Gasteiger partial charge in [-0.05, 0) is 42.8 Å². The maximum atomic E-state index is 6.48. The smallest absolute Gasteiger partial charge is 0.189 e. The van der Waals surface area contributed by atoms with Crippen LogP contribution >= 0.6 is 11.3 Å². The van der Waals surface area contributed by atoms with Crippen LogP contribution in [0.1, 0.15) is 5.56 Å². The van der Waals surface area contributed by atoms with E-state index < -0.39 is 0 Å². The highest BCUT2D eigenvalue weighted by molar-refractivity contribution is 7.22. The predicted octanol–water partition coefficient (Wildman–Crippen LogP) is 4.06. The Labute approximate surface area is 190 Å². The van der Waals surface area contributed by atoms with Crippen molar-refractivity contribution < 1.29 is 4.74 Å². The summed E-state index contributed by atoms with van der Waals surface area (Å²) in [6.07, 6.45) is 1.56. The van der Waals surface area contributed by atoms with Crippen LogP contribution in [-0.4, -0.2) is 48.2 Å². The molecule has 1 aliphatic rings. The van der Waals surface area contributed by atoms with Gasteiger partial charge in [0.25, 0.3) is 0 Å². The molecular formula is C23H25N7OS. The van der Waals surface area contributed by atoms with Gasteiger partial charge in [-0.3, -0.25) is 0 Å². The minimum atomic E-state index is 0.543. The lowest BCUT2D eigenvalue weighted by Crippen LogP contribution is -2.47. The van der Waals surface area contributed by atoms with Crippen molar-refractivity contribution in [3.63, 3.8) is 0 Å². The molecule has 1 aliphatic heterocycles. The van der Waals surface area contributed by atoms with Gasteiger partial charge in [-0.25, -0.2) is 15.0 Å². The standard InChI is InChI=1S/C23H25N7OS/c1-15-4-3-5-18-20(15)27-23(32-18)28-21-19(24)22(26-14-25-21)30-12-10-29(11-13-30)16-6-8-17(31-2)9-7-16/h3-9,14H,10-13,24H2,1-2H3,(H,25,26,27,28). The molecule has 0 atom stereocenters. The lowest BCUT2D eigenvalue weighted by Gasteiger charge is -2.37. The first-order valence-electron chi connectivity index (χ1n) is 10.5. The first kappa shape index (κ1) is 20.3. The molecule has 0 bridgehead atoms. The summed E-state index contributed by atoms with van der Waals surface area (Å²) in [6, 6.07) is 14.3. The van der Waals surface area contributed by atoms with Gasteiger partial charge < -0.3 is 25.6 Å². The van der Waals surface area contributed by atoms with Crippen LogP contribution < -0.4 is 25.6 Å². The van der Waals surface area contributed by atoms with Gasteiger partial charge >= 0.3 is 0 Å². The van der Waals surface area contributed by atoms with Gasteiger partial charge in [0.2, 0.25) is 0 Å². The number of nitrogens with one attached hydrogen (secondary N) is 1. The third kappa shape index (κ3) is 3.87. The number of methoxy groups -OCH3 is 1. The number of aromatic nitrogens is 3. The molecule has 1 fully saturated rings. The zero-order valence-corrected chi connectivity index (χ0v) is 18.9. The predicted molar refractivity (Wildman–Crippen MR) is 132 cm³/mol. The van der Waals surface area contributed by atoms with E-state index in [-0.39, 0.29) is 0 Å². The molecule has 0 unspecified atom stereocenters. The van der Waals surface area contributed by atoms with Gasteiger partial charge in [-0.1, -0.05) is 23.5 Å². The molecule has 0 amide bonds. The molecule has 2 aromatic carbocycles. The van der Waals surface area contributed by atoms with Crippen LogP contribution in [0.4, 0.5) is 28.1 Å². The van der Waals surface area contributed by atoms with Crippen LogP contribution in [0.3, 0.4) is 0 Å². The Bertz CT molecular complexity index is 1230. The second-order valence-electron chi connectivity index (χ2n) is 7.70. The largest absolute Gasteiger partial charge is 0.497 e. The van der Waals surface area contributed by atoms with Crippen molar-refractivity contribution in [1.82, 2.24) is 15.0 Å². The van der Waals surface area contributed by atoms with E-state index in [0.717, 1.165) is 58.7 Å². The molecule has 4 aromatic rings. The van der Waals surface area contributed by atoms with Crippen LogP contribution in [0.15, 0.2) is 48.8 Å². The van der Waals surface area contributed by atoms with Crippen molar-refractivity contribution in [3.05, 3.63) is 54.4 Å². The minimum absolute atomic E-state index is 0.543. The third-order valence-corrected chi connectivity index (χ3v) is 6.66. The molecule has 9 heteroatoms. The Hall–Kier alpha value is -3.59. The Morgan fingerprint density at radius 1 is 1.00 bits per heavy atom. The van der Waals surface area contributed by atoms with Gasteiger partial charge in [-0.15, -0.1) is 0 Å². The molecular weight excluding hydrogens is 422 g/mol. The van der Waals surface area contributed by atoms with Gasteiger partial charge in [-0.2, -0.15) is 0 Å². The number of ether oxygens (including phenoxy) is 1. The summed E-state index contributed by atoms with van der Waals surface area (Å²) in [7, 11) is 1.68. The molecule has 0 spiro atoms. The average Bonchev–Trinajstić information content (AvgIpc) is 3.25. The summed E-state index contributed by atoms with van der Waals surface area (Å²) in [6.45, 7) is 5.49. The zero-order chi connectivity index (χ0) is 22.1. The number of rotatable bonds is 5. The topological polar surface area (TPSA) is 92.4 Å². The number of nitrogen functional groups attached to an aromatic ring is 1. The van der Waals surface area contributed by atoms with Crippen molar-refractivity contribution >= 4 is 49.7 Å². The van der Waals surface area contributed by atoms with Gasteiger partial charge in [0.05, 0.1) is 17.3 Å². The number of thiazole rings is 1. The monoisotopic (exact) mass is 447 g/mol. The third-order valence-electron chi connectivity index (χ3n) is 5.73. The quantitative estimate of drug-likeness (QED) is 0.473. The molecule has 1 saturated heterocycles. The summed E-state index contributed by atoms with van der Waals surface area (Å²) in [5.41, 5.74) is 10.4. The summed E-state index contributed by atoms with van der Waals surface area (Å²) in [5.74, 6) is 2.21. The van der Waals surface area contributed by atoms with E-state index in [1.165, 1.54) is 5.69 Å².